The number of aryl methyl sites for hydroxylation is 1. The minimum atomic E-state index is -3.77. The van der Waals surface area contributed by atoms with Crippen LogP contribution >= 0.6 is 23.2 Å². The molecule has 9 heteroatoms. The number of nitrogens with zero attached hydrogens (tertiary/aromatic N) is 1. The molecule has 2 aromatic rings. The normalized spacial score (nSPS) is 12.4. The molecule has 1 N–H and O–H groups in total. The molecule has 2 aromatic carbocycles. The van der Waals surface area contributed by atoms with Gasteiger partial charge < -0.3 is 10.1 Å². The Morgan fingerprint density at radius 3 is 2.37 bits per heavy atom. The lowest BCUT2D eigenvalue weighted by atomic mass is 10.2. The van der Waals surface area contributed by atoms with Crippen molar-refractivity contribution in [2.45, 2.75) is 19.9 Å². The highest BCUT2D eigenvalue weighted by molar-refractivity contribution is 7.92. The number of sulfonamides is 1. The molecule has 0 aromatic heterocycles. The van der Waals surface area contributed by atoms with Gasteiger partial charge >= 0.3 is 0 Å². The highest BCUT2D eigenvalue weighted by Gasteiger charge is 2.31. The van der Waals surface area contributed by atoms with Crippen LogP contribution in [0.1, 0.15) is 12.5 Å². The zero-order valence-corrected chi connectivity index (χ0v) is 17.6. The Morgan fingerprint density at radius 1 is 1.15 bits per heavy atom. The van der Waals surface area contributed by atoms with E-state index in [4.69, 9.17) is 27.9 Å². The van der Waals surface area contributed by atoms with Crippen LogP contribution in [-0.4, -0.2) is 33.7 Å². The Morgan fingerprint density at radius 2 is 1.81 bits per heavy atom. The van der Waals surface area contributed by atoms with E-state index >= 15 is 0 Å². The lowest BCUT2D eigenvalue weighted by Crippen LogP contribution is -2.45. The Hall–Kier alpha value is -1.96. The number of anilines is 2. The number of benzene rings is 2. The molecule has 0 saturated carbocycles. The van der Waals surface area contributed by atoms with Crippen molar-refractivity contribution >= 4 is 50.5 Å². The Kier molecular flexibility index (Phi) is 6.62. The van der Waals surface area contributed by atoms with Gasteiger partial charge in [-0.1, -0.05) is 29.3 Å². The van der Waals surface area contributed by atoms with Crippen LogP contribution in [0.5, 0.6) is 5.75 Å². The van der Waals surface area contributed by atoms with E-state index < -0.39 is 22.0 Å². The molecule has 0 radical (unpaired) electrons. The summed E-state index contributed by atoms with van der Waals surface area (Å²) in [7, 11) is -2.33. The van der Waals surface area contributed by atoms with Crippen LogP contribution in [-0.2, 0) is 14.8 Å². The van der Waals surface area contributed by atoms with Crippen molar-refractivity contribution in [3.8, 4) is 5.75 Å². The molecular formula is C18H20Cl2N2O4S. The van der Waals surface area contributed by atoms with Crippen LogP contribution in [0.25, 0.3) is 0 Å². The molecule has 0 heterocycles. The molecule has 27 heavy (non-hydrogen) atoms. The average Bonchev–Trinajstić information content (AvgIpc) is 2.57. The minimum absolute atomic E-state index is 0.280. The van der Waals surface area contributed by atoms with Gasteiger partial charge in [-0.3, -0.25) is 9.10 Å². The van der Waals surface area contributed by atoms with Crippen LogP contribution in [0.15, 0.2) is 36.4 Å². The van der Waals surface area contributed by atoms with Crippen molar-refractivity contribution in [3.63, 3.8) is 0 Å². The molecule has 1 atom stereocenters. The zero-order chi connectivity index (χ0) is 20.4. The first-order chi connectivity index (χ1) is 12.5. The first-order valence-electron chi connectivity index (χ1n) is 7.94. The number of ether oxygens (including phenoxy) is 1. The van der Waals surface area contributed by atoms with Gasteiger partial charge in [0.05, 0.1) is 29.1 Å². The maximum Gasteiger partial charge on any atom is 0.247 e. The zero-order valence-electron chi connectivity index (χ0n) is 15.3. The number of halogens is 2. The first kappa shape index (κ1) is 21.3. The summed E-state index contributed by atoms with van der Waals surface area (Å²) in [5, 5.41) is 3.29. The van der Waals surface area contributed by atoms with Gasteiger partial charge in [0, 0.05) is 5.69 Å². The van der Waals surface area contributed by atoms with Crippen molar-refractivity contribution in [2.75, 3.05) is 23.0 Å². The summed E-state index contributed by atoms with van der Waals surface area (Å²) in [6.45, 7) is 3.32. The van der Waals surface area contributed by atoms with Gasteiger partial charge in [-0.2, -0.15) is 0 Å². The number of rotatable bonds is 6. The fourth-order valence-electron chi connectivity index (χ4n) is 2.57. The van der Waals surface area contributed by atoms with Gasteiger partial charge in [-0.05, 0) is 49.7 Å². The summed E-state index contributed by atoms with van der Waals surface area (Å²) in [4.78, 5) is 12.7. The second kappa shape index (κ2) is 8.37. The van der Waals surface area contributed by atoms with E-state index in [1.54, 1.807) is 30.3 Å². The lowest BCUT2D eigenvalue weighted by molar-refractivity contribution is -0.116. The van der Waals surface area contributed by atoms with Crippen LogP contribution in [0.3, 0.4) is 0 Å². The molecule has 0 aliphatic heterocycles. The number of hydrogen-bond acceptors (Lipinski definition) is 4. The molecular weight excluding hydrogens is 411 g/mol. The van der Waals surface area contributed by atoms with Gasteiger partial charge in [0.2, 0.25) is 15.9 Å². The highest BCUT2D eigenvalue weighted by atomic mass is 35.5. The van der Waals surface area contributed by atoms with Crippen molar-refractivity contribution in [1.29, 1.82) is 0 Å². The average molecular weight is 431 g/mol. The standard InChI is InChI=1S/C18H20Cl2N2O4S/c1-11-5-8-17(26-3)16(9-11)22(27(4,24)25)12(2)18(23)21-13-6-7-14(19)15(20)10-13/h5-10,12H,1-4H3,(H,21,23)/t12-/m0/s1. The van der Waals surface area contributed by atoms with E-state index in [0.29, 0.717) is 16.5 Å². The second-order valence-corrected chi connectivity index (χ2v) is 8.70. The summed E-state index contributed by atoms with van der Waals surface area (Å²) < 4.78 is 31.2. The third kappa shape index (κ3) is 5.06. The molecule has 0 spiro atoms. The predicted molar refractivity (Wildman–Crippen MR) is 110 cm³/mol. The van der Waals surface area contributed by atoms with E-state index in [2.05, 4.69) is 5.32 Å². The maximum absolute atomic E-state index is 12.7. The van der Waals surface area contributed by atoms with E-state index in [9.17, 15) is 13.2 Å². The fourth-order valence-corrected chi connectivity index (χ4v) is 4.04. The van der Waals surface area contributed by atoms with E-state index in [1.165, 1.54) is 20.1 Å². The maximum atomic E-state index is 12.7. The van der Waals surface area contributed by atoms with Gasteiger partial charge in [0.25, 0.3) is 0 Å². The van der Waals surface area contributed by atoms with Crippen LogP contribution in [0, 0.1) is 6.92 Å². The smallest absolute Gasteiger partial charge is 0.247 e. The molecule has 0 aliphatic rings. The van der Waals surface area contributed by atoms with Crippen LogP contribution < -0.4 is 14.4 Å². The number of nitrogens with one attached hydrogen (secondary N) is 1. The number of hydrogen-bond donors (Lipinski definition) is 1. The number of carbonyl (C=O) groups is 1. The topological polar surface area (TPSA) is 75.7 Å². The van der Waals surface area contributed by atoms with Gasteiger partial charge in [0.15, 0.2) is 0 Å². The summed E-state index contributed by atoms with van der Waals surface area (Å²) in [6.07, 6.45) is 1.04. The van der Waals surface area contributed by atoms with Gasteiger partial charge in [-0.25, -0.2) is 8.42 Å². The van der Waals surface area contributed by atoms with Crippen molar-refractivity contribution in [2.24, 2.45) is 0 Å². The Labute approximate surface area is 169 Å². The second-order valence-electron chi connectivity index (χ2n) is 6.03. The quantitative estimate of drug-likeness (QED) is 0.747. The molecule has 0 bridgehead atoms. The van der Waals surface area contributed by atoms with E-state index in [0.717, 1.165) is 16.1 Å². The predicted octanol–water partition coefficient (Wildman–Crippen LogP) is 4.10. The number of methoxy groups -OCH3 is 1. The molecule has 0 saturated heterocycles. The van der Waals surface area contributed by atoms with Crippen LogP contribution in [0.2, 0.25) is 10.0 Å². The molecule has 146 valence electrons. The monoisotopic (exact) mass is 430 g/mol. The fraction of sp³-hybridized carbons (Fsp3) is 0.278. The lowest BCUT2D eigenvalue weighted by Gasteiger charge is -2.29. The van der Waals surface area contributed by atoms with Crippen molar-refractivity contribution < 1.29 is 17.9 Å². The summed E-state index contributed by atoms with van der Waals surface area (Å²) in [5.41, 5.74) is 1.53. The summed E-state index contributed by atoms with van der Waals surface area (Å²) in [5.74, 6) is -0.178. The minimum Gasteiger partial charge on any atom is -0.495 e. The Bertz CT molecular complexity index is 964. The highest BCUT2D eigenvalue weighted by Crippen LogP contribution is 2.33. The van der Waals surface area contributed by atoms with Gasteiger partial charge in [-0.15, -0.1) is 0 Å². The molecule has 0 fully saturated rings. The third-order valence-electron chi connectivity index (χ3n) is 3.85. The molecule has 0 aliphatic carbocycles. The number of amides is 1. The van der Waals surface area contributed by atoms with E-state index in [1.807, 2.05) is 6.92 Å². The SMILES string of the molecule is COc1ccc(C)cc1N([C@@H](C)C(=O)Nc1ccc(Cl)c(Cl)c1)S(C)(=O)=O. The van der Waals surface area contributed by atoms with Gasteiger partial charge in [0.1, 0.15) is 11.8 Å². The van der Waals surface area contributed by atoms with Crippen molar-refractivity contribution in [3.05, 3.63) is 52.0 Å². The van der Waals surface area contributed by atoms with Crippen LogP contribution in [0.4, 0.5) is 11.4 Å². The third-order valence-corrected chi connectivity index (χ3v) is 5.81. The summed E-state index contributed by atoms with van der Waals surface area (Å²) >= 11 is 11.8. The Balaban J connectivity index is 2.41. The number of carbonyl (C=O) groups excluding carboxylic acids is 1. The van der Waals surface area contributed by atoms with Crippen molar-refractivity contribution in [1.82, 2.24) is 0 Å². The van der Waals surface area contributed by atoms with E-state index in [-0.39, 0.29) is 10.7 Å². The molecule has 1 amide bonds. The molecule has 2 rings (SSSR count). The summed E-state index contributed by atoms with van der Waals surface area (Å²) in [6, 6.07) is 8.69. The molecule has 0 unspecified atom stereocenters. The first-order valence-corrected chi connectivity index (χ1v) is 10.5. The molecule has 6 nitrogen and oxygen atoms in total. The largest absolute Gasteiger partial charge is 0.495 e.